The summed E-state index contributed by atoms with van der Waals surface area (Å²) in [6.45, 7) is 0. The summed E-state index contributed by atoms with van der Waals surface area (Å²) in [6.07, 6.45) is 6.24. The molecular formula is C20H20N6OS. The van der Waals surface area contributed by atoms with Gasteiger partial charge in [-0.25, -0.2) is 4.98 Å². The van der Waals surface area contributed by atoms with Crippen LogP contribution in [-0.4, -0.2) is 43.1 Å². The molecule has 3 aromatic heterocycles. The van der Waals surface area contributed by atoms with Gasteiger partial charge >= 0.3 is 0 Å². The van der Waals surface area contributed by atoms with Crippen LogP contribution < -0.4 is 5.32 Å². The van der Waals surface area contributed by atoms with Crippen molar-refractivity contribution in [1.29, 1.82) is 0 Å². The molecule has 1 amide bonds. The molecule has 0 spiro atoms. The first-order valence-corrected chi connectivity index (χ1v) is 10.3. The lowest BCUT2D eigenvalue weighted by molar-refractivity contribution is 0.0929. The second-order valence-electron chi connectivity index (χ2n) is 6.36. The fourth-order valence-electron chi connectivity index (χ4n) is 2.99. The zero-order valence-corrected chi connectivity index (χ0v) is 16.2. The number of amides is 1. The molecule has 0 saturated carbocycles. The maximum Gasteiger partial charge on any atom is 0.269 e. The number of carbonyl (C=O) groups is 1. The van der Waals surface area contributed by atoms with Crippen LogP contribution in [0.3, 0.4) is 0 Å². The van der Waals surface area contributed by atoms with E-state index in [9.17, 15) is 4.79 Å². The highest BCUT2D eigenvalue weighted by atomic mass is 32.2. The minimum Gasteiger partial charge on any atom is -0.341 e. The topological polar surface area (TPSA) is 99.3 Å². The number of para-hydroxylation sites is 2. The van der Waals surface area contributed by atoms with Crippen molar-refractivity contribution in [2.24, 2.45) is 0 Å². The van der Waals surface area contributed by atoms with E-state index < -0.39 is 0 Å². The predicted octanol–water partition coefficient (Wildman–Crippen LogP) is 3.57. The van der Waals surface area contributed by atoms with E-state index in [1.807, 2.05) is 42.7 Å². The number of pyridine rings is 1. The molecule has 8 heteroatoms. The van der Waals surface area contributed by atoms with Gasteiger partial charge in [0.2, 0.25) is 0 Å². The van der Waals surface area contributed by atoms with E-state index in [2.05, 4.69) is 30.5 Å². The summed E-state index contributed by atoms with van der Waals surface area (Å²) in [6, 6.07) is 13.1. The molecule has 0 bridgehead atoms. The van der Waals surface area contributed by atoms with E-state index in [1.165, 1.54) is 0 Å². The Labute approximate surface area is 166 Å². The van der Waals surface area contributed by atoms with Crippen LogP contribution in [0.25, 0.3) is 22.3 Å². The number of aromatic nitrogens is 5. The van der Waals surface area contributed by atoms with Gasteiger partial charge in [-0.15, -0.1) is 0 Å². The van der Waals surface area contributed by atoms with Crippen molar-refractivity contribution < 1.29 is 4.79 Å². The summed E-state index contributed by atoms with van der Waals surface area (Å²) in [5.74, 6) is 1.45. The number of hydrogen-bond donors (Lipinski definition) is 3. The third kappa shape index (κ3) is 3.91. The normalized spacial score (nSPS) is 12.2. The zero-order valence-electron chi connectivity index (χ0n) is 15.3. The third-order valence-electron chi connectivity index (χ3n) is 4.43. The van der Waals surface area contributed by atoms with Crippen LogP contribution in [0.4, 0.5) is 0 Å². The molecule has 28 heavy (non-hydrogen) atoms. The summed E-state index contributed by atoms with van der Waals surface area (Å²) < 4.78 is 0. The Balaban J connectivity index is 1.55. The molecule has 0 aliphatic rings. The van der Waals surface area contributed by atoms with Crippen LogP contribution in [0, 0.1) is 0 Å². The summed E-state index contributed by atoms with van der Waals surface area (Å²) in [7, 11) is 0. The van der Waals surface area contributed by atoms with Gasteiger partial charge in [0.1, 0.15) is 11.5 Å². The molecule has 0 saturated heterocycles. The van der Waals surface area contributed by atoms with E-state index in [1.54, 1.807) is 30.2 Å². The summed E-state index contributed by atoms with van der Waals surface area (Å²) >= 11 is 1.74. The minimum atomic E-state index is -0.214. The van der Waals surface area contributed by atoms with Gasteiger partial charge in [-0.3, -0.25) is 14.9 Å². The Morgan fingerprint density at radius 1 is 1.25 bits per heavy atom. The van der Waals surface area contributed by atoms with Crippen molar-refractivity contribution >= 4 is 28.7 Å². The largest absolute Gasteiger partial charge is 0.341 e. The fourth-order valence-corrected chi connectivity index (χ4v) is 3.46. The highest BCUT2D eigenvalue weighted by molar-refractivity contribution is 7.98. The number of nitrogens with one attached hydrogen (secondary N) is 3. The van der Waals surface area contributed by atoms with Crippen LogP contribution in [0.1, 0.15) is 28.8 Å². The quantitative estimate of drug-likeness (QED) is 0.446. The highest BCUT2D eigenvalue weighted by Crippen LogP contribution is 2.21. The lowest BCUT2D eigenvalue weighted by Gasteiger charge is -2.15. The van der Waals surface area contributed by atoms with E-state index in [4.69, 9.17) is 0 Å². The number of H-pyrrole nitrogens is 2. The molecule has 0 radical (unpaired) electrons. The molecule has 0 unspecified atom stereocenters. The Morgan fingerprint density at radius 2 is 2.14 bits per heavy atom. The molecule has 1 atom stereocenters. The van der Waals surface area contributed by atoms with Gasteiger partial charge in [0.25, 0.3) is 5.91 Å². The number of rotatable bonds is 7. The van der Waals surface area contributed by atoms with Crippen LogP contribution in [0.5, 0.6) is 0 Å². The molecule has 4 rings (SSSR count). The van der Waals surface area contributed by atoms with Crippen LogP contribution in [0.2, 0.25) is 0 Å². The SMILES string of the molecule is CSCC[C@H](NC(=O)c1cc(-c2cccnc2)n[nH]1)c1nc2ccccc2[nH]1. The van der Waals surface area contributed by atoms with Crippen molar-refractivity contribution in [2.75, 3.05) is 12.0 Å². The average Bonchev–Trinajstić information content (AvgIpc) is 3.39. The number of fused-ring (bicyclic) bond motifs is 1. The lowest BCUT2D eigenvalue weighted by Crippen LogP contribution is -2.30. The molecule has 0 aliphatic carbocycles. The zero-order chi connectivity index (χ0) is 19.3. The second kappa shape index (κ2) is 8.26. The summed E-state index contributed by atoms with van der Waals surface area (Å²) in [5.41, 5.74) is 3.79. The first-order valence-electron chi connectivity index (χ1n) is 8.95. The number of aromatic amines is 2. The van der Waals surface area contributed by atoms with Crippen molar-refractivity contribution in [2.45, 2.75) is 12.5 Å². The van der Waals surface area contributed by atoms with Crippen LogP contribution in [0.15, 0.2) is 54.9 Å². The number of benzene rings is 1. The number of imidazole rings is 1. The Kier molecular flexibility index (Phi) is 5.38. The monoisotopic (exact) mass is 392 g/mol. The molecular weight excluding hydrogens is 372 g/mol. The lowest BCUT2D eigenvalue weighted by atomic mass is 10.2. The number of hydrogen-bond acceptors (Lipinski definition) is 5. The average molecular weight is 392 g/mol. The predicted molar refractivity (Wildman–Crippen MR) is 111 cm³/mol. The molecule has 4 aromatic rings. The van der Waals surface area contributed by atoms with Crippen molar-refractivity contribution in [3.8, 4) is 11.3 Å². The Hall–Kier alpha value is -3.13. The van der Waals surface area contributed by atoms with Gasteiger partial charge in [0.15, 0.2) is 0 Å². The Morgan fingerprint density at radius 3 is 2.93 bits per heavy atom. The Bertz CT molecular complexity index is 1040. The number of carbonyl (C=O) groups excluding carboxylic acids is 1. The smallest absolute Gasteiger partial charge is 0.269 e. The third-order valence-corrected chi connectivity index (χ3v) is 5.08. The van der Waals surface area contributed by atoms with Crippen LogP contribution in [-0.2, 0) is 0 Å². The standard InChI is InChI=1S/C20H20N6OS/c1-28-10-8-16(19-22-14-6-2-3-7-15(14)23-19)24-20(27)18-11-17(25-26-18)13-5-4-9-21-12-13/h2-7,9,11-12,16H,8,10H2,1H3,(H,22,23)(H,24,27)(H,25,26)/t16-/m0/s1. The molecule has 1 aromatic carbocycles. The summed E-state index contributed by atoms with van der Waals surface area (Å²) in [5, 5.41) is 10.1. The van der Waals surface area contributed by atoms with Crippen molar-refractivity contribution in [3.05, 3.63) is 66.4 Å². The van der Waals surface area contributed by atoms with E-state index in [-0.39, 0.29) is 11.9 Å². The van der Waals surface area contributed by atoms with E-state index in [0.717, 1.165) is 34.6 Å². The van der Waals surface area contributed by atoms with E-state index >= 15 is 0 Å². The maximum atomic E-state index is 12.8. The van der Waals surface area contributed by atoms with Crippen molar-refractivity contribution in [3.63, 3.8) is 0 Å². The molecule has 142 valence electrons. The molecule has 7 nitrogen and oxygen atoms in total. The summed E-state index contributed by atoms with van der Waals surface area (Å²) in [4.78, 5) is 24.9. The van der Waals surface area contributed by atoms with Gasteiger partial charge in [-0.1, -0.05) is 12.1 Å². The van der Waals surface area contributed by atoms with Gasteiger partial charge in [0.05, 0.1) is 22.8 Å². The van der Waals surface area contributed by atoms with Gasteiger partial charge in [-0.2, -0.15) is 16.9 Å². The van der Waals surface area contributed by atoms with E-state index in [0.29, 0.717) is 11.4 Å². The van der Waals surface area contributed by atoms with Gasteiger partial charge in [0, 0.05) is 18.0 Å². The highest BCUT2D eigenvalue weighted by Gasteiger charge is 2.20. The molecule has 0 fully saturated rings. The maximum absolute atomic E-state index is 12.8. The van der Waals surface area contributed by atoms with Gasteiger partial charge in [-0.05, 0) is 48.8 Å². The molecule has 0 aliphatic heterocycles. The number of thioether (sulfide) groups is 1. The molecule has 3 N–H and O–H groups in total. The van der Waals surface area contributed by atoms with Gasteiger partial charge < -0.3 is 10.3 Å². The fraction of sp³-hybridized carbons (Fsp3) is 0.200. The minimum absolute atomic E-state index is 0.211. The first-order chi connectivity index (χ1) is 13.7. The van der Waals surface area contributed by atoms with Crippen LogP contribution >= 0.6 is 11.8 Å². The number of nitrogens with zero attached hydrogens (tertiary/aromatic N) is 3. The van der Waals surface area contributed by atoms with Crippen molar-refractivity contribution in [1.82, 2.24) is 30.5 Å². The first kappa shape index (κ1) is 18.2. The molecule has 3 heterocycles. The second-order valence-corrected chi connectivity index (χ2v) is 7.34.